The van der Waals surface area contributed by atoms with Gasteiger partial charge >= 0.3 is 5.97 Å². The number of hydrogen-bond donors (Lipinski definition) is 0. The van der Waals surface area contributed by atoms with Gasteiger partial charge in [0.1, 0.15) is 5.82 Å². The largest absolute Gasteiger partial charge is 0.490 e. The van der Waals surface area contributed by atoms with Gasteiger partial charge < -0.3 is 14.2 Å². The van der Waals surface area contributed by atoms with Gasteiger partial charge in [0.2, 0.25) is 0 Å². The number of aryl methyl sites for hydroxylation is 1. The number of carbonyl (C=O) groups excluding carboxylic acids is 1. The lowest BCUT2D eigenvalue weighted by atomic mass is 10.2. The van der Waals surface area contributed by atoms with Crippen molar-refractivity contribution in [3.05, 3.63) is 61.6 Å². The number of benzene rings is 2. The van der Waals surface area contributed by atoms with E-state index in [4.69, 9.17) is 25.8 Å². The SMILES string of the molecule is CCOC(=O)COc1c(Cl)cc(C=Nn2c(CC)nc3ccc(Br)cc3c2=O)cc1OCC. The van der Waals surface area contributed by atoms with Crippen molar-refractivity contribution < 1.29 is 19.0 Å². The van der Waals surface area contributed by atoms with Crippen LogP contribution in [0.2, 0.25) is 5.02 Å². The molecule has 0 aliphatic carbocycles. The monoisotopic (exact) mass is 535 g/mol. The maximum Gasteiger partial charge on any atom is 0.344 e. The first-order chi connectivity index (χ1) is 15.9. The van der Waals surface area contributed by atoms with E-state index in [0.717, 1.165) is 4.47 Å². The van der Waals surface area contributed by atoms with Crippen LogP contribution in [0.15, 0.2) is 44.7 Å². The number of rotatable bonds is 9. The topological polar surface area (TPSA) is 92.0 Å². The lowest BCUT2D eigenvalue weighted by molar-refractivity contribution is -0.145. The normalized spacial score (nSPS) is 11.2. The molecule has 1 aromatic heterocycles. The van der Waals surface area contributed by atoms with Crippen molar-refractivity contribution in [1.29, 1.82) is 0 Å². The average Bonchev–Trinajstić information content (AvgIpc) is 2.78. The van der Waals surface area contributed by atoms with Gasteiger partial charge in [0.05, 0.1) is 35.4 Å². The van der Waals surface area contributed by atoms with E-state index in [-0.39, 0.29) is 29.5 Å². The molecule has 174 valence electrons. The van der Waals surface area contributed by atoms with Gasteiger partial charge in [-0.2, -0.15) is 9.78 Å². The summed E-state index contributed by atoms with van der Waals surface area (Å²) in [6.45, 7) is 5.74. The molecule has 0 saturated heterocycles. The van der Waals surface area contributed by atoms with Crippen LogP contribution in [0.5, 0.6) is 11.5 Å². The molecule has 0 saturated carbocycles. The van der Waals surface area contributed by atoms with Crippen molar-refractivity contribution in [3.8, 4) is 11.5 Å². The zero-order valence-corrected chi connectivity index (χ0v) is 20.8. The molecule has 0 N–H and O–H groups in total. The minimum Gasteiger partial charge on any atom is -0.490 e. The van der Waals surface area contributed by atoms with Crippen LogP contribution in [-0.4, -0.2) is 41.7 Å². The maximum absolute atomic E-state index is 13.0. The zero-order valence-electron chi connectivity index (χ0n) is 18.4. The van der Waals surface area contributed by atoms with Crippen LogP contribution < -0.4 is 15.0 Å². The van der Waals surface area contributed by atoms with Gasteiger partial charge in [0, 0.05) is 10.9 Å². The van der Waals surface area contributed by atoms with Crippen LogP contribution in [0.1, 0.15) is 32.2 Å². The molecule has 3 aromatic rings. The van der Waals surface area contributed by atoms with Crippen molar-refractivity contribution in [2.24, 2.45) is 5.10 Å². The Hall–Kier alpha value is -2.91. The highest BCUT2D eigenvalue weighted by Gasteiger charge is 2.15. The third-order valence-electron chi connectivity index (χ3n) is 4.49. The number of hydrogen-bond acceptors (Lipinski definition) is 7. The van der Waals surface area contributed by atoms with Gasteiger partial charge in [-0.15, -0.1) is 0 Å². The fourth-order valence-electron chi connectivity index (χ4n) is 3.07. The van der Waals surface area contributed by atoms with Crippen molar-refractivity contribution >= 4 is 50.6 Å². The molecule has 0 unspecified atom stereocenters. The van der Waals surface area contributed by atoms with Gasteiger partial charge in [-0.05, 0) is 49.7 Å². The Bertz CT molecular complexity index is 1260. The second kappa shape index (κ2) is 11.3. The fraction of sp³-hybridized carbons (Fsp3) is 0.304. The molecule has 0 amide bonds. The van der Waals surface area contributed by atoms with Crippen molar-refractivity contribution in [2.45, 2.75) is 27.2 Å². The standard InChI is InChI=1S/C23H23BrClN3O5/c1-4-20-27-18-8-7-15(24)11-16(18)23(30)28(20)26-12-14-9-17(25)22(19(10-14)31-5-2)33-13-21(29)32-6-3/h7-12H,4-6,13H2,1-3H3. The van der Waals surface area contributed by atoms with E-state index in [9.17, 15) is 9.59 Å². The lowest BCUT2D eigenvalue weighted by Crippen LogP contribution is -2.22. The number of fused-ring (bicyclic) bond motifs is 1. The molecule has 0 aliphatic rings. The van der Waals surface area contributed by atoms with Crippen LogP contribution in [0, 0.1) is 0 Å². The molecule has 0 spiro atoms. The van der Waals surface area contributed by atoms with E-state index in [0.29, 0.717) is 41.1 Å². The van der Waals surface area contributed by atoms with E-state index in [2.05, 4.69) is 26.0 Å². The fourth-order valence-corrected chi connectivity index (χ4v) is 3.70. The summed E-state index contributed by atoms with van der Waals surface area (Å²) in [5.74, 6) is 0.590. The highest BCUT2D eigenvalue weighted by atomic mass is 79.9. The third kappa shape index (κ3) is 5.91. The van der Waals surface area contributed by atoms with Crippen LogP contribution in [0.3, 0.4) is 0 Å². The summed E-state index contributed by atoms with van der Waals surface area (Å²) in [4.78, 5) is 29.2. The predicted molar refractivity (Wildman–Crippen MR) is 131 cm³/mol. The summed E-state index contributed by atoms with van der Waals surface area (Å²) in [6.07, 6.45) is 2.01. The number of aromatic nitrogens is 2. The van der Waals surface area contributed by atoms with Crippen molar-refractivity contribution in [2.75, 3.05) is 19.8 Å². The van der Waals surface area contributed by atoms with Gasteiger partial charge in [-0.25, -0.2) is 9.78 Å². The van der Waals surface area contributed by atoms with Crippen molar-refractivity contribution in [1.82, 2.24) is 9.66 Å². The summed E-state index contributed by atoms with van der Waals surface area (Å²) in [5, 5.41) is 5.05. The summed E-state index contributed by atoms with van der Waals surface area (Å²) >= 11 is 9.78. The van der Waals surface area contributed by atoms with Crippen LogP contribution in [0.4, 0.5) is 0 Å². The van der Waals surface area contributed by atoms with Gasteiger partial charge in [-0.3, -0.25) is 4.79 Å². The zero-order chi connectivity index (χ0) is 24.0. The first-order valence-electron chi connectivity index (χ1n) is 10.4. The Balaban J connectivity index is 1.98. The van der Waals surface area contributed by atoms with E-state index >= 15 is 0 Å². The highest BCUT2D eigenvalue weighted by Crippen LogP contribution is 2.36. The molecule has 0 radical (unpaired) electrons. The van der Waals surface area contributed by atoms with Crippen LogP contribution >= 0.6 is 27.5 Å². The third-order valence-corrected chi connectivity index (χ3v) is 5.26. The van der Waals surface area contributed by atoms with Crippen molar-refractivity contribution in [3.63, 3.8) is 0 Å². The second-order valence-electron chi connectivity index (χ2n) is 6.76. The smallest absolute Gasteiger partial charge is 0.344 e. The van der Waals surface area contributed by atoms with Gasteiger partial charge in [0.25, 0.3) is 5.56 Å². The molecular weight excluding hydrogens is 514 g/mol. The van der Waals surface area contributed by atoms with Gasteiger partial charge in [0.15, 0.2) is 18.1 Å². The van der Waals surface area contributed by atoms with E-state index in [1.165, 1.54) is 10.9 Å². The number of halogens is 2. The molecule has 8 nitrogen and oxygen atoms in total. The highest BCUT2D eigenvalue weighted by molar-refractivity contribution is 9.10. The summed E-state index contributed by atoms with van der Waals surface area (Å²) in [7, 11) is 0. The summed E-state index contributed by atoms with van der Waals surface area (Å²) in [6, 6.07) is 8.62. The average molecular weight is 537 g/mol. The van der Waals surface area contributed by atoms with E-state index in [1.54, 1.807) is 31.2 Å². The minimum absolute atomic E-state index is 0.229. The Morgan fingerprint density at radius 3 is 2.67 bits per heavy atom. The Morgan fingerprint density at radius 1 is 1.18 bits per heavy atom. The molecule has 2 aromatic carbocycles. The number of nitrogens with zero attached hydrogens (tertiary/aromatic N) is 3. The molecular formula is C23H23BrClN3O5. The van der Waals surface area contributed by atoms with Crippen LogP contribution in [0.25, 0.3) is 10.9 Å². The molecule has 1 heterocycles. The van der Waals surface area contributed by atoms with Gasteiger partial charge in [-0.1, -0.05) is 34.5 Å². The summed E-state index contributed by atoms with van der Waals surface area (Å²) < 4.78 is 18.1. The molecule has 3 rings (SSSR count). The minimum atomic E-state index is -0.511. The molecule has 0 aliphatic heterocycles. The Kier molecular flexibility index (Phi) is 8.46. The second-order valence-corrected chi connectivity index (χ2v) is 8.08. The molecule has 0 atom stereocenters. The predicted octanol–water partition coefficient (Wildman–Crippen LogP) is 4.60. The van der Waals surface area contributed by atoms with E-state index in [1.807, 2.05) is 19.9 Å². The lowest BCUT2D eigenvalue weighted by Gasteiger charge is -2.14. The summed E-state index contributed by atoms with van der Waals surface area (Å²) in [5.41, 5.74) is 0.909. The first-order valence-corrected chi connectivity index (χ1v) is 11.5. The first kappa shape index (κ1) is 24.7. The number of carbonyl (C=O) groups is 1. The van der Waals surface area contributed by atoms with Crippen LogP contribution in [-0.2, 0) is 16.0 Å². The molecule has 0 fully saturated rings. The molecule has 0 bridgehead atoms. The number of esters is 1. The Morgan fingerprint density at radius 2 is 1.97 bits per heavy atom. The molecule has 10 heteroatoms. The maximum atomic E-state index is 13.0. The quantitative estimate of drug-likeness (QED) is 0.293. The number of ether oxygens (including phenoxy) is 3. The molecule has 33 heavy (non-hydrogen) atoms. The van der Waals surface area contributed by atoms with E-state index < -0.39 is 5.97 Å². The Labute approximate surface area is 204 Å².